The van der Waals surface area contributed by atoms with E-state index in [0.717, 1.165) is 5.56 Å². The minimum Gasteiger partial charge on any atom is -0.464 e. The first-order valence-corrected chi connectivity index (χ1v) is 3.96. The maximum absolute atomic E-state index is 5.94. The summed E-state index contributed by atoms with van der Waals surface area (Å²) in [5.41, 5.74) is 0.879. The smallest absolute Gasteiger partial charge is 0.143 e. The largest absolute Gasteiger partial charge is 0.464 e. The van der Waals surface area contributed by atoms with Gasteiger partial charge in [0.2, 0.25) is 0 Å². The molecule has 1 nitrogen and oxygen atoms in total. The van der Waals surface area contributed by atoms with Gasteiger partial charge in [-0.25, -0.2) is 0 Å². The molecular formula is C10H6ClO. The lowest BCUT2D eigenvalue weighted by atomic mass is 10.2. The third-order valence-corrected chi connectivity index (χ3v) is 1.92. The van der Waals surface area contributed by atoms with Gasteiger partial charge in [0.25, 0.3) is 0 Å². The Morgan fingerprint density at radius 3 is 2.75 bits per heavy atom. The van der Waals surface area contributed by atoms with Crippen molar-refractivity contribution in [3.63, 3.8) is 0 Å². The summed E-state index contributed by atoms with van der Waals surface area (Å²) in [7, 11) is 0. The van der Waals surface area contributed by atoms with Gasteiger partial charge in [0, 0.05) is 11.6 Å². The van der Waals surface area contributed by atoms with Crippen LogP contribution < -0.4 is 0 Å². The van der Waals surface area contributed by atoms with E-state index in [4.69, 9.17) is 16.0 Å². The van der Waals surface area contributed by atoms with E-state index in [-0.39, 0.29) is 0 Å². The van der Waals surface area contributed by atoms with Crippen molar-refractivity contribution in [2.75, 3.05) is 0 Å². The quantitative estimate of drug-likeness (QED) is 0.651. The number of hydrogen-bond acceptors (Lipinski definition) is 1. The molecule has 12 heavy (non-hydrogen) atoms. The summed E-state index contributed by atoms with van der Waals surface area (Å²) >= 11 is 5.94. The maximum atomic E-state index is 5.94. The molecule has 59 valence electrons. The highest BCUT2D eigenvalue weighted by atomic mass is 35.5. The topological polar surface area (TPSA) is 13.1 Å². The van der Waals surface area contributed by atoms with Crippen LogP contribution in [-0.2, 0) is 0 Å². The molecule has 0 aliphatic heterocycles. The van der Waals surface area contributed by atoms with Crippen molar-refractivity contribution >= 4 is 11.6 Å². The molecule has 0 unspecified atom stereocenters. The van der Waals surface area contributed by atoms with Crippen LogP contribution in [0.25, 0.3) is 11.3 Å². The fourth-order valence-corrected chi connectivity index (χ4v) is 1.25. The fourth-order valence-electron chi connectivity index (χ4n) is 1.03. The van der Waals surface area contributed by atoms with Crippen LogP contribution in [0.15, 0.2) is 41.0 Å². The predicted octanol–water partition coefficient (Wildman–Crippen LogP) is 3.40. The molecule has 1 aromatic carbocycles. The van der Waals surface area contributed by atoms with Crippen LogP contribution in [0, 0.1) is 6.07 Å². The molecule has 0 amide bonds. The predicted molar refractivity (Wildman–Crippen MR) is 48.0 cm³/mol. The van der Waals surface area contributed by atoms with Crippen molar-refractivity contribution in [2.45, 2.75) is 0 Å². The molecule has 0 saturated heterocycles. The lowest BCUT2D eigenvalue weighted by molar-refractivity contribution is 0.582. The van der Waals surface area contributed by atoms with Crippen LogP contribution in [0.3, 0.4) is 0 Å². The lowest BCUT2D eigenvalue weighted by Crippen LogP contribution is -1.73. The molecule has 2 aromatic rings. The summed E-state index contributed by atoms with van der Waals surface area (Å²) in [5, 5.41) is 0.684. The van der Waals surface area contributed by atoms with Crippen LogP contribution >= 0.6 is 11.6 Å². The van der Waals surface area contributed by atoms with Crippen molar-refractivity contribution < 1.29 is 4.42 Å². The van der Waals surface area contributed by atoms with Crippen molar-refractivity contribution in [2.24, 2.45) is 0 Å². The standard InChI is InChI=1S/C10H6ClO/c11-9-5-2-1-4-8(9)10-6-3-7-12-10/h1-5,7H. The van der Waals surface area contributed by atoms with Gasteiger partial charge in [-0.1, -0.05) is 23.7 Å². The third-order valence-electron chi connectivity index (χ3n) is 1.59. The van der Waals surface area contributed by atoms with Crippen LogP contribution in [0.2, 0.25) is 5.02 Å². The summed E-state index contributed by atoms with van der Waals surface area (Å²) in [6.45, 7) is 0. The number of benzene rings is 1. The van der Waals surface area contributed by atoms with E-state index in [2.05, 4.69) is 6.07 Å². The van der Waals surface area contributed by atoms with Gasteiger partial charge in [0.1, 0.15) is 5.76 Å². The van der Waals surface area contributed by atoms with E-state index in [0.29, 0.717) is 10.8 Å². The molecule has 1 heterocycles. The molecule has 0 atom stereocenters. The highest BCUT2D eigenvalue weighted by Crippen LogP contribution is 2.26. The zero-order chi connectivity index (χ0) is 8.39. The van der Waals surface area contributed by atoms with Crippen molar-refractivity contribution in [1.29, 1.82) is 0 Å². The SMILES string of the molecule is Clc1ccccc1-c1[c]cco1. The van der Waals surface area contributed by atoms with Gasteiger partial charge in [-0.3, -0.25) is 0 Å². The van der Waals surface area contributed by atoms with E-state index in [1.54, 1.807) is 12.3 Å². The number of hydrogen-bond donors (Lipinski definition) is 0. The summed E-state index contributed by atoms with van der Waals surface area (Å²) < 4.78 is 5.16. The molecule has 0 N–H and O–H groups in total. The molecular weight excluding hydrogens is 172 g/mol. The molecule has 0 saturated carbocycles. The second-order valence-electron chi connectivity index (χ2n) is 2.37. The summed E-state index contributed by atoms with van der Waals surface area (Å²) in [4.78, 5) is 0. The molecule has 0 fully saturated rings. The summed E-state index contributed by atoms with van der Waals surface area (Å²) in [6.07, 6.45) is 1.58. The van der Waals surface area contributed by atoms with E-state index >= 15 is 0 Å². The van der Waals surface area contributed by atoms with Crippen LogP contribution in [0.1, 0.15) is 0 Å². The summed E-state index contributed by atoms with van der Waals surface area (Å²) in [5.74, 6) is 0.681. The maximum Gasteiger partial charge on any atom is 0.143 e. The molecule has 0 aliphatic carbocycles. The van der Waals surface area contributed by atoms with E-state index in [1.165, 1.54) is 0 Å². The van der Waals surface area contributed by atoms with Gasteiger partial charge in [0.05, 0.1) is 11.3 Å². The Balaban J connectivity index is 2.55. The first-order valence-electron chi connectivity index (χ1n) is 3.58. The van der Waals surface area contributed by atoms with Crippen LogP contribution in [0.5, 0.6) is 0 Å². The summed E-state index contributed by atoms with van der Waals surface area (Å²) in [6, 6.07) is 12.2. The fraction of sp³-hybridized carbons (Fsp3) is 0. The van der Waals surface area contributed by atoms with E-state index < -0.39 is 0 Å². The second kappa shape index (κ2) is 3.03. The monoisotopic (exact) mass is 177 g/mol. The molecule has 0 bridgehead atoms. The minimum atomic E-state index is 0.681. The molecule has 2 heteroatoms. The zero-order valence-electron chi connectivity index (χ0n) is 6.25. The Morgan fingerprint density at radius 1 is 1.25 bits per heavy atom. The van der Waals surface area contributed by atoms with Gasteiger partial charge in [-0.05, 0) is 18.2 Å². The van der Waals surface area contributed by atoms with Crippen molar-refractivity contribution in [3.05, 3.63) is 47.7 Å². The lowest BCUT2D eigenvalue weighted by Gasteiger charge is -1.97. The Kier molecular flexibility index (Phi) is 1.88. The van der Waals surface area contributed by atoms with E-state index in [9.17, 15) is 0 Å². The zero-order valence-corrected chi connectivity index (χ0v) is 7.01. The highest BCUT2D eigenvalue weighted by Gasteiger charge is 2.03. The molecule has 1 radical (unpaired) electrons. The number of rotatable bonds is 1. The van der Waals surface area contributed by atoms with Gasteiger partial charge in [0.15, 0.2) is 0 Å². The van der Waals surface area contributed by atoms with Gasteiger partial charge >= 0.3 is 0 Å². The second-order valence-corrected chi connectivity index (χ2v) is 2.78. The van der Waals surface area contributed by atoms with Crippen molar-refractivity contribution in [3.8, 4) is 11.3 Å². The first kappa shape index (κ1) is 7.44. The van der Waals surface area contributed by atoms with Gasteiger partial charge in [-0.2, -0.15) is 0 Å². The highest BCUT2D eigenvalue weighted by molar-refractivity contribution is 6.33. The Hall–Kier alpha value is -1.21. The normalized spacial score (nSPS) is 10.1. The Labute approximate surface area is 75.6 Å². The van der Waals surface area contributed by atoms with Crippen LogP contribution in [-0.4, -0.2) is 0 Å². The third kappa shape index (κ3) is 1.23. The Morgan fingerprint density at radius 2 is 2.08 bits per heavy atom. The first-order chi connectivity index (χ1) is 5.88. The average molecular weight is 178 g/mol. The van der Waals surface area contributed by atoms with Gasteiger partial charge in [-0.15, -0.1) is 0 Å². The molecule has 1 aromatic heterocycles. The molecule has 2 rings (SSSR count). The number of halogens is 1. The van der Waals surface area contributed by atoms with Gasteiger partial charge < -0.3 is 4.42 Å². The Bertz CT molecular complexity index is 365. The van der Waals surface area contributed by atoms with Crippen LogP contribution in [0.4, 0.5) is 0 Å². The average Bonchev–Trinajstić information content (AvgIpc) is 2.57. The minimum absolute atomic E-state index is 0.681. The van der Waals surface area contributed by atoms with Crippen molar-refractivity contribution in [1.82, 2.24) is 0 Å². The molecule has 0 aliphatic rings. The van der Waals surface area contributed by atoms with E-state index in [1.807, 2.05) is 24.3 Å². The number of furan rings is 1. The molecule has 0 spiro atoms.